The van der Waals surface area contributed by atoms with Crippen LogP contribution in [-0.2, 0) is 20.0 Å². The number of hydrogen-bond acceptors (Lipinski definition) is 4. The number of rotatable bonds is 3. The molecule has 0 aromatic rings. The van der Waals surface area contributed by atoms with Gasteiger partial charge in [0.1, 0.15) is 0 Å². The molecule has 0 aliphatic carbocycles. The molecule has 0 heterocycles. The molecule has 0 aliphatic rings. The highest BCUT2D eigenvalue weighted by Gasteiger charge is 2.76. The van der Waals surface area contributed by atoms with Gasteiger partial charge < -0.3 is 0 Å². The summed E-state index contributed by atoms with van der Waals surface area (Å²) in [6.45, 7) is 2.07. The highest BCUT2D eigenvalue weighted by atomic mass is 32.3. The molecular formula is C8H13F6NO4S2. The molecule has 0 amide bonds. The first-order chi connectivity index (χ1) is 8.71. The zero-order chi connectivity index (χ0) is 17.7. The van der Waals surface area contributed by atoms with E-state index in [1.54, 1.807) is 0 Å². The minimum atomic E-state index is -6.37. The lowest BCUT2D eigenvalue weighted by Gasteiger charge is -2.33. The second kappa shape index (κ2) is 4.98. The summed E-state index contributed by atoms with van der Waals surface area (Å²) in [5, 5.41) is 0. The predicted molar refractivity (Wildman–Crippen MR) is 61.2 cm³/mol. The van der Waals surface area contributed by atoms with Crippen molar-refractivity contribution in [1.82, 2.24) is 4.13 Å². The van der Waals surface area contributed by atoms with E-state index >= 15 is 0 Å². The Balaban J connectivity index is 6.24. The van der Waals surface area contributed by atoms with Gasteiger partial charge in [-0.05, 0) is 27.7 Å². The number of halogens is 6. The van der Waals surface area contributed by atoms with Gasteiger partial charge in [0.15, 0.2) is 0 Å². The highest BCUT2D eigenvalue weighted by Crippen LogP contribution is 2.48. The average molecular weight is 365 g/mol. The SMILES string of the molecule is CC(C)(C)S(=O)(=O)NS(=O)(=O)C(C)(C(F)(F)F)C(F)(F)F. The molecule has 21 heavy (non-hydrogen) atoms. The lowest BCUT2D eigenvalue weighted by atomic mass is 10.1. The molecule has 0 aromatic carbocycles. The van der Waals surface area contributed by atoms with Crippen LogP contribution in [0.1, 0.15) is 27.7 Å². The zero-order valence-corrected chi connectivity index (χ0v) is 12.9. The van der Waals surface area contributed by atoms with Crippen LogP contribution in [0.25, 0.3) is 0 Å². The Morgan fingerprint density at radius 1 is 0.667 bits per heavy atom. The Bertz CT molecular complexity index is 582. The van der Waals surface area contributed by atoms with Crippen LogP contribution in [0, 0.1) is 0 Å². The van der Waals surface area contributed by atoms with Gasteiger partial charge in [-0.15, -0.1) is 4.13 Å². The predicted octanol–water partition coefficient (Wildman–Crippen LogP) is 1.92. The Morgan fingerprint density at radius 2 is 0.952 bits per heavy atom. The Hall–Kier alpha value is -0.560. The molecule has 0 saturated carbocycles. The van der Waals surface area contributed by atoms with E-state index in [0.29, 0.717) is 4.13 Å². The summed E-state index contributed by atoms with van der Waals surface area (Å²) in [5.41, 5.74) is 0. The van der Waals surface area contributed by atoms with Crippen molar-refractivity contribution in [3.63, 3.8) is 0 Å². The van der Waals surface area contributed by atoms with E-state index < -0.39 is 48.8 Å². The van der Waals surface area contributed by atoms with Gasteiger partial charge in [0, 0.05) is 0 Å². The molecule has 0 spiro atoms. The topological polar surface area (TPSA) is 80.3 Å². The zero-order valence-electron chi connectivity index (χ0n) is 11.2. The number of sulfonamides is 2. The van der Waals surface area contributed by atoms with Gasteiger partial charge in [-0.1, -0.05) is 0 Å². The van der Waals surface area contributed by atoms with Crippen molar-refractivity contribution in [2.75, 3.05) is 0 Å². The molecule has 1 N–H and O–H groups in total. The summed E-state index contributed by atoms with van der Waals surface area (Å²) in [6, 6.07) is 0. The van der Waals surface area contributed by atoms with Crippen molar-refractivity contribution in [2.45, 2.75) is 49.5 Å². The maximum Gasteiger partial charge on any atom is 0.418 e. The average Bonchev–Trinajstić information content (AvgIpc) is 2.08. The monoisotopic (exact) mass is 365 g/mol. The summed E-state index contributed by atoms with van der Waals surface area (Å²) < 4.78 is 115. The molecule has 0 aromatic heterocycles. The van der Waals surface area contributed by atoms with E-state index in [1.807, 2.05) is 0 Å². The quantitative estimate of drug-likeness (QED) is 0.775. The second-order valence-electron chi connectivity index (χ2n) is 5.23. The fourth-order valence-electron chi connectivity index (χ4n) is 0.818. The number of nitrogens with one attached hydrogen (secondary N) is 1. The van der Waals surface area contributed by atoms with Gasteiger partial charge in [-0.25, -0.2) is 16.8 Å². The van der Waals surface area contributed by atoms with Gasteiger partial charge in [0.05, 0.1) is 4.75 Å². The molecule has 0 fully saturated rings. The van der Waals surface area contributed by atoms with Crippen LogP contribution < -0.4 is 4.13 Å². The fourth-order valence-corrected chi connectivity index (χ4v) is 4.25. The minimum absolute atomic E-state index is 0.531. The van der Waals surface area contributed by atoms with Crippen LogP contribution in [-0.4, -0.2) is 38.7 Å². The lowest BCUT2D eigenvalue weighted by Crippen LogP contribution is -2.64. The summed E-state index contributed by atoms with van der Waals surface area (Å²) >= 11 is 0. The third kappa shape index (κ3) is 3.44. The molecule has 13 heteroatoms. The smallest absolute Gasteiger partial charge is 0.211 e. The van der Waals surface area contributed by atoms with Crippen molar-refractivity contribution in [2.24, 2.45) is 0 Å². The number of alkyl halides is 6. The van der Waals surface area contributed by atoms with Crippen molar-refractivity contribution < 1.29 is 43.2 Å². The van der Waals surface area contributed by atoms with Crippen LogP contribution >= 0.6 is 0 Å². The van der Waals surface area contributed by atoms with E-state index in [4.69, 9.17) is 0 Å². The largest absolute Gasteiger partial charge is 0.418 e. The normalized spacial score (nSPS) is 16.1. The molecule has 0 saturated heterocycles. The molecule has 128 valence electrons. The van der Waals surface area contributed by atoms with Crippen molar-refractivity contribution in [1.29, 1.82) is 0 Å². The summed E-state index contributed by atoms with van der Waals surface area (Å²) in [6.07, 6.45) is -12.5. The van der Waals surface area contributed by atoms with Crippen LogP contribution in [0.3, 0.4) is 0 Å². The Kier molecular flexibility index (Phi) is 4.85. The lowest BCUT2D eigenvalue weighted by molar-refractivity contribution is -0.261. The first-order valence-electron chi connectivity index (χ1n) is 5.12. The van der Waals surface area contributed by atoms with E-state index in [1.165, 1.54) is 0 Å². The second-order valence-corrected chi connectivity index (χ2v) is 9.95. The maximum atomic E-state index is 12.6. The van der Waals surface area contributed by atoms with Crippen molar-refractivity contribution in [3.05, 3.63) is 0 Å². The molecule has 0 rings (SSSR count). The van der Waals surface area contributed by atoms with E-state index in [0.717, 1.165) is 20.8 Å². The highest BCUT2D eigenvalue weighted by molar-refractivity contribution is 8.06. The number of hydrogen-bond donors (Lipinski definition) is 1. The molecule has 0 unspecified atom stereocenters. The molecular weight excluding hydrogens is 352 g/mol. The first kappa shape index (κ1) is 20.4. The summed E-state index contributed by atoms with van der Waals surface area (Å²) in [4.78, 5) is 0. The van der Waals surface area contributed by atoms with Gasteiger partial charge >= 0.3 is 12.4 Å². The molecule has 0 bridgehead atoms. The van der Waals surface area contributed by atoms with Crippen LogP contribution in [0.2, 0.25) is 0 Å². The molecule has 0 atom stereocenters. The summed E-state index contributed by atoms with van der Waals surface area (Å²) in [5.74, 6) is 0. The van der Waals surface area contributed by atoms with Crippen LogP contribution in [0.4, 0.5) is 26.3 Å². The summed E-state index contributed by atoms with van der Waals surface area (Å²) in [7, 11) is -11.4. The van der Waals surface area contributed by atoms with E-state index in [2.05, 4.69) is 0 Å². The first-order valence-corrected chi connectivity index (χ1v) is 8.08. The molecule has 5 nitrogen and oxygen atoms in total. The van der Waals surface area contributed by atoms with E-state index in [9.17, 15) is 43.2 Å². The Labute approximate surface area is 117 Å². The van der Waals surface area contributed by atoms with Gasteiger partial charge in [-0.3, -0.25) is 0 Å². The van der Waals surface area contributed by atoms with Gasteiger partial charge in [-0.2, -0.15) is 26.3 Å². The van der Waals surface area contributed by atoms with Crippen molar-refractivity contribution in [3.8, 4) is 0 Å². The minimum Gasteiger partial charge on any atom is -0.211 e. The van der Waals surface area contributed by atoms with Gasteiger partial charge in [0.2, 0.25) is 20.0 Å². The Morgan fingerprint density at radius 3 is 1.14 bits per heavy atom. The third-order valence-corrected chi connectivity index (χ3v) is 7.55. The van der Waals surface area contributed by atoms with Crippen LogP contribution in [0.5, 0.6) is 0 Å². The van der Waals surface area contributed by atoms with Crippen LogP contribution in [0.15, 0.2) is 0 Å². The van der Waals surface area contributed by atoms with Gasteiger partial charge in [0.25, 0.3) is 4.75 Å². The van der Waals surface area contributed by atoms with E-state index in [-0.39, 0.29) is 0 Å². The molecule has 0 aliphatic heterocycles. The maximum absolute atomic E-state index is 12.6. The standard InChI is InChI=1S/C8H13F6NO4S2/c1-5(2,3)20(16,17)15-21(18,19)6(4,7(9,10)11)8(12,13)14/h15H,1-4H3. The van der Waals surface area contributed by atoms with Crippen molar-refractivity contribution >= 4 is 20.0 Å². The fraction of sp³-hybridized carbons (Fsp3) is 1.00. The molecule has 0 radical (unpaired) electrons. The third-order valence-electron chi connectivity index (χ3n) is 2.64.